The first-order valence-corrected chi connectivity index (χ1v) is 4.72. The van der Waals surface area contributed by atoms with E-state index in [2.05, 4.69) is 0 Å². The number of hydrogen-bond acceptors (Lipinski definition) is 2. The highest BCUT2D eigenvalue weighted by molar-refractivity contribution is 6.36. The van der Waals surface area contributed by atoms with Crippen molar-refractivity contribution in [1.29, 1.82) is 0 Å². The van der Waals surface area contributed by atoms with Crippen molar-refractivity contribution >= 4 is 35.6 Å². The highest BCUT2D eigenvalue weighted by atomic mass is 35.5. The van der Waals surface area contributed by atoms with E-state index < -0.39 is 0 Å². The molecule has 1 aromatic rings. The molecule has 1 atom stereocenters. The van der Waals surface area contributed by atoms with Gasteiger partial charge in [0, 0.05) is 28.3 Å². The molecular weight excluding hydrogens is 244 g/mol. The lowest BCUT2D eigenvalue weighted by Gasteiger charge is -2.13. The zero-order chi connectivity index (χ0) is 9.84. The maximum Gasteiger partial charge on any atom is 0.0468 e. The number of aliphatic hydroxyl groups is 1. The minimum atomic E-state index is -0.300. The summed E-state index contributed by atoms with van der Waals surface area (Å²) < 4.78 is 0. The van der Waals surface area contributed by atoms with Gasteiger partial charge in [0.25, 0.3) is 0 Å². The fraction of sp³-hybridized carbons (Fsp3) is 0.333. The van der Waals surface area contributed by atoms with Gasteiger partial charge in [0.2, 0.25) is 0 Å². The maximum absolute atomic E-state index is 8.71. The number of rotatable bonds is 3. The highest BCUT2D eigenvalue weighted by Gasteiger charge is 2.12. The molecule has 0 aliphatic heterocycles. The number of halogens is 3. The fourth-order valence-electron chi connectivity index (χ4n) is 1.15. The van der Waals surface area contributed by atoms with E-state index in [-0.39, 0.29) is 25.1 Å². The molecule has 0 unspecified atom stereocenters. The summed E-state index contributed by atoms with van der Waals surface area (Å²) in [5.74, 6) is 0. The van der Waals surface area contributed by atoms with Gasteiger partial charge in [0.15, 0.2) is 0 Å². The molecule has 2 nitrogen and oxygen atoms in total. The summed E-state index contributed by atoms with van der Waals surface area (Å²) in [5, 5.41) is 9.81. The summed E-state index contributed by atoms with van der Waals surface area (Å²) in [7, 11) is 0. The lowest BCUT2D eigenvalue weighted by atomic mass is 10.1. The number of nitrogens with two attached hydrogens (primary N) is 1. The molecule has 0 radical (unpaired) electrons. The van der Waals surface area contributed by atoms with E-state index in [0.717, 1.165) is 0 Å². The average molecular weight is 257 g/mol. The Bertz CT molecular complexity index is 273. The zero-order valence-electron chi connectivity index (χ0n) is 7.41. The summed E-state index contributed by atoms with van der Waals surface area (Å²) in [4.78, 5) is 0. The van der Waals surface area contributed by atoms with Gasteiger partial charge in [-0.3, -0.25) is 0 Å². The van der Waals surface area contributed by atoms with Gasteiger partial charge in [-0.15, -0.1) is 12.4 Å². The van der Waals surface area contributed by atoms with Crippen LogP contribution in [-0.2, 0) is 0 Å². The third kappa shape index (κ3) is 3.30. The fourth-order valence-corrected chi connectivity index (χ4v) is 1.83. The molecule has 0 spiro atoms. The lowest BCUT2D eigenvalue weighted by Crippen LogP contribution is -2.12. The molecule has 0 aliphatic carbocycles. The van der Waals surface area contributed by atoms with E-state index in [9.17, 15) is 0 Å². The Balaban J connectivity index is 0.00000169. The van der Waals surface area contributed by atoms with E-state index in [1.54, 1.807) is 18.2 Å². The second kappa shape index (κ2) is 6.49. The largest absolute Gasteiger partial charge is 0.396 e. The van der Waals surface area contributed by atoms with Gasteiger partial charge in [0.1, 0.15) is 0 Å². The van der Waals surface area contributed by atoms with Crippen LogP contribution in [0.15, 0.2) is 18.2 Å². The molecule has 0 heterocycles. The highest BCUT2D eigenvalue weighted by Crippen LogP contribution is 2.30. The smallest absolute Gasteiger partial charge is 0.0468 e. The molecule has 0 saturated heterocycles. The van der Waals surface area contributed by atoms with E-state index >= 15 is 0 Å². The van der Waals surface area contributed by atoms with Crippen LogP contribution >= 0.6 is 35.6 Å². The quantitative estimate of drug-likeness (QED) is 0.873. The molecule has 0 saturated carbocycles. The SMILES string of the molecule is Cl.N[C@H](CCO)c1c(Cl)cccc1Cl. The van der Waals surface area contributed by atoms with Crippen LogP contribution in [-0.4, -0.2) is 11.7 Å². The Morgan fingerprint density at radius 2 is 1.79 bits per heavy atom. The van der Waals surface area contributed by atoms with Gasteiger partial charge in [-0.2, -0.15) is 0 Å². The van der Waals surface area contributed by atoms with Crippen LogP contribution in [0, 0.1) is 0 Å². The first kappa shape index (κ1) is 14.0. The second-order valence-corrected chi connectivity index (χ2v) is 3.57. The third-order valence-electron chi connectivity index (χ3n) is 1.81. The van der Waals surface area contributed by atoms with Crippen LogP contribution in [0.4, 0.5) is 0 Å². The summed E-state index contributed by atoms with van der Waals surface area (Å²) in [6.45, 7) is 0.0305. The summed E-state index contributed by atoms with van der Waals surface area (Å²) >= 11 is 11.8. The normalized spacial score (nSPS) is 12.0. The van der Waals surface area contributed by atoms with Crippen molar-refractivity contribution in [3.63, 3.8) is 0 Å². The molecule has 80 valence electrons. The Morgan fingerprint density at radius 1 is 1.29 bits per heavy atom. The zero-order valence-corrected chi connectivity index (χ0v) is 9.74. The average Bonchev–Trinajstić information content (AvgIpc) is 2.04. The number of hydrogen-bond donors (Lipinski definition) is 2. The molecule has 0 amide bonds. The molecule has 1 rings (SSSR count). The van der Waals surface area contributed by atoms with Crippen LogP contribution in [0.5, 0.6) is 0 Å². The Morgan fingerprint density at radius 3 is 2.21 bits per heavy atom. The Hall–Kier alpha value is 0.01000. The van der Waals surface area contributed by atoms with Crippen LogP contribution in [0.1, 0.15) is 18.0 Å². The predicted molar refractivity (Wildman–Crippen MR) is 62.3 cm³/mol. The van der Waals surface area contributed by atoms with Crippen LogP contribution < -0.4 is 5.73 Å². The van der Waals surface area contributed by atoms with E-state index in [4.69, 9.17) is 34.0 Å². The minimum absolute atomic E-state index is 0. The first-order chi connectivity index (χ1) is 6.16. The van der Waals surface area contributed by atoms with Crippen molar-refractivity contribution in [2.45, 2.75) is 12.5 Å². The molecule has 0 aromatic heterocycles. The molecule has 0 fully saturated rings. The first-order valence-electron chi connectivity index (χ1n) is 3.97. The van der Waals surface area contributed by atoms with Gasteiger partial charge in [-0.25, -0.2) is 0 Å². The van der Waals surface area contributed by atoms with Crippen LogP contribution in [0.3, 0.4) is 0 Å². The third-order valence-corrected chi connectivity index (χ3v) is 2.47. The molecule has 0 aliphatic rings. The van der Waals surface area contributed by atoms with E-state index in [0.29, 0.717) is 22.0 Å². The summed E-state index contributed by atoms with van der Waals surface area (Å²) in [6.07, 6.45) is 0.462. The minimum Gasteiger partial charge on any atom is -0.396 e. The molecule has 0 bridgehead atoms. The van der Waals surface area contributed by atoms with Gasteiger partial charge in [-0.1, -0.05) is 29.3 Å². The van der Waals surface area contributed by atoms with Crippen molar-refractivity contribution in [2.75, 3.05) is 6.61 Å². The Kier molecular flexibility index (Phi) is 6.49. The van der Waals surface area contributed by atoms with Crippen LogP contribution in [0.2, 0.25) is 10.0 Å². The molecular formula is C9H12Cl3NO. The van der Waals surface area contributed by atoms with E-state index in [1.165, 1.54) is 0 Å². The van der Waals surface area contributed by atoms with Crippen LogP contribution in [0.25, 0.3) is 0 Å². The van der Waals surface area contributed by atoms with Gasteiger partial charge in [0.05, 0.1) is 0 Å². The van der Waals surface area contributed by atoms with Gasteiger partial charge >= 0.3 is 0 Å². The van der Waals surface area contributed by atoms with Crippen molar-refractivity contribution in [3.8, 4) is 0 Å². The maximum atomic E-state index is 8.71. The topological polar surface area (TPSA) is 46.2 Å². The lowest BCUT2D eigenvalue weighted by molar-refractivity contribution is 0.276. The molecule has 3 N–H and O–H groups in total. The summed E-state index contributed by atoms with van der Waals surface area (Å²) in [6, 6.07) is 4.94. The van der Waals surface area contributed by atoms with Crippen molar-refractivity contribution in [3.05, 3.63) is 33.8 Å². The monoisotopic (exact) mass is 255 g/mol. The Labute approximate surface area is 99.4 Å². The van der Waals surface area contributed by atoms with E-state index in [1.807, 2.05) is 0 Å². The second-order valence-electron chi connectivity index (χ2n) is 2.75. The molecule has 5 heteroatoms. The van der Waals surface area contributed by atoms with Crippen molar-refractivity contribution in [2.24, 2.45) is 5.73 Å². The molecule has 14 heavy (non-hydrogen) atoms. The van der Waals surface area contributed by atoms with Crippen molar-refractivity contribution in [1.82, 2.24) is 0 Å². The standard InChI is InChI=1S/C9H11Cl2NO.ClH/c10-6-2-1-3-7(11)9(6)8(12)4-5-13;/h1-3,8,13H,4-5,12H2;1H/t8-;/m1./s1. The van der Waals surface area contributed by atoms with Crippen molar-refractivity contribution < 1.29 is 5.11 Å². The molecule has 1 aromatic carbocycles. The van der Waals surface area contributed by atoms with Gasteiger partial charge in [-0.05, 0) is 18.6 Å². The summed E-state index contributed by atoms with van der Waals surface area (Å²) in [5.41, 5.74) is 6.49. The number of benzene rings is 1. The predicted octanol–water partition coefficient (Wildman–Crippen LogP) is 2.80. The van der Waals surface area contributed by atoms with Gasteiger partial charge < -0.3 is 10.8 Å². The number of aliphatic hydroxyl groups excluding tert-OH is 1.